The van der Waals surface area contributed by atoms with Crippen molar-refractivity contribution >= 4 is 5.97 Å². The van der Waals surface area contributed by atoms with Crippen molar-refractivity contribution in [2.45, 2.75) is 38.2 Å². The van der Waals surface area contributed by atoms with E-state index in [1.165, 1.54) is 0 Å². The quantitative estimate of drug-likeness (QED) is 0.689. The third-order valence-corrected chi connectivity index (χ3v) is 3.95. The molecular formula is C15H17F3O3. The van der Waals surface area contributed by atoms with E-state index in [2.05, 4.69) is 0 Å². The van der Waals surface area contributed by atoms with Gasteiger partial charge in [-0.1, -0.05) is 0 Å². The molecule has 1 aromatic rings. The number of carbonyl (C=O) groups is 1. The third kappa shape index (κ3) is 3.20. The maximum absolute atomic E-state index is 13.3. The van der Waals surface area contributed by atoms with Crippen molar-refractivity contribution in [1.82, 2.24) is 0 Å². The molecule has 2 rings (SSSR count). The van der Waals surface area contributed by atoms with Gasteiger partial charge in [-0.15, -0.1) is 0 Å². The second kappa shape index (κ2) is 6.05. The number of rotatable bonds is 3. The van der Waals surface area contributed by atoms with Crippen LogP contribution in [0.2, 0.25) is 0 Å². The van der Waals surface area contributed by atoms with Gasteiger partial charge in [-0.3, -0.25) is 4.79 Å². The van der Waals surface area contributed by atoms with Gasteiger partial charge < -0.3 is 9.84 Å². The molecule has 0 saturated heterocycles. The number of hydrogen-bond acceptors (Lipinski definition) is 3. The SMILES string of the molecule is CCOC(=O)C1CCC(O)(c2cc(F)c(F)c(F)c2)CC1. The molecule has 1 aromatic carbocycles. The summed E-state index contributed by atoms with van der Waals surface area (Å²) in [7, 11) is 0. The Balaban J connectivity index is 2.14. The molecule has 116 valence electrons. The molecule has 1 aliphatic rings. The first-order chi connectivity index (χ1) is 9.87. The number of ether oxygens (including phenoxy) is 1. The average Bonchev–Trinajstić information content (AvgIpc) is 2.45. The van der Waals surface area contributed by atoms with Gasteiger partial charge in [0.1, 0.15) is 0 Å². The van der Waals surface area contributed by atoms with E-state index in [1.807, 2.05) is 0 Å². The van der Waals surface area contributed by atoms with Crippen LogP contribution >= 0.6 is 0 Å². The van der Waals surface area contributed by atoms with E-state index in [9.17, 15) is 23.1 Å². The summed E-state index contributed by atoms with van der Waals surface area (Å²) in [5.41, 5.74) is -1.44. The lowest BCUT2D eigenvalue weighted by molar-refractivity contribution is -0.151. The van der Waals surface area contributed by atoms with Crippen molar-refractivity contribution in [3.8, 4) is 0 Å². The smallest absolute Gasteiger partial charge is 0.308 e. The highest BCUT2D eigenvalue weighted by Crippen LogP contribution is 2.40. The van der Waals surface area contributed by atoms with Crippen molar-refractivity contribution in [1.29, 1.82) is 0 Å². The molecule has 1 saturated carbocycles. The molecule has 0 spiro atoms. The van der Waals surface area contributed by atoms with Crippen molar-refractivity contribution in [3.05, 3.63) is 35.1 Å². The molecule has 1 aliphatic carbocycles. The molecule has 3 nitrogen and oxygen atoms in total. The van der Waals surface area contributed by atoms with Crippen LogP contribution in [0.1, 0.15) is 38.2 Å². The summed E-state index contributed by atoms with van der Waals surface area (Å²) < 4.78 is 44.4. The fourth-order valence-corrected chi connectivity index (χ4v) is 2.70. The highest BCUT2D eigenvalue weighted by molar-refractivity contribution is 5.72. The minimum absolute atomic E-state index is 0.00112. The van der Waals surface area contributed by atoms with Crippen LogP contribution in [0.4, 0.5) is 13.2 Å². The highest BCUT2D eigenvalue weighted by Gasteiger charge is 2.38. The maximum Gasteiger partial charge on any atom is 0.308 e. The van der Waals surface area contributed by atoms with E-state index in [1.54, 1.807) is 6.92 Å². The van der Waals surface area contributed by atoms with E-state index in [0.717, 1.165) is 12.1 Å². The predicted molar refractivity (Wildman–Crippen MR) is 68.8 cm³/mol. The molecule has 21 heavy (non-hydrogen) atoms. The van der Waals surface area contributed by atoms with Crippen molar-refractivity contribution in [2.75, 3.05) is 6.61 Å². The van der Waals surface area contributed by atoms with Crippen LogP contribution in [0.25, 0.3) is 0 Å². The normalized spacial score (nSPS) is 25.7. The Morgan fingerprint density at radius 3 is 2.29 bits per heavy atom. The fraction of sp³-hybridized carbons (Fsp3) is 0.533. The summed E-state index contributed by atoms with van der Waals surface area (Å²) in [6, 6.07) is 1.62. The van der Waals surface area contributed by atoms with Crippen molar-refractivity contribution in [2.24, 2.45) is 5.92 Å². The van der Waals surface area contributed by atoms with E-state index in [4.69, 9.17) is 4.74 Å². The lowest BCUT2D eigenvalue weighted by Gasteiger charge is -2.35. The standard InChI is InChI=1S/C15H17F3O3/c1-2-21-14(19)9-3-5-15(20,6-4-9)10-7-11(16)13(18)12(17)8-10/h7-9,20H,2-6H2,1H3. The Morgan fingerprint density at radius 1 is 1.29 bits per heavy atom. The van der Waals surface area contributed by atoms with Crippen molar-refractivity contribution < 1.29 is 27.8 Å². The first-order valence-electron chi connectivity index (χ1n) is 6.91. The monoisotopic (exact) mass is 302 g/mol. The van der Waals surface area contributed by atoms with Crippen LogP contribution in [-0.4, -0.2) is 17.7 Å². The first-order valence-corrected chi connectivity index (χ1v) is 6.91. The summed E-state index contributed by atoms with van der Waals surface area (Å²) in [6.07, 6.45) is 1.05. The molecule has 0 heterocycles. The number of halogens is 3. The number of carbonyl (C=O) groups excluding carboxylic acids is 1. The number of hydrogen-bond donors (Lipinski definition) is 1. The molecule has 0 aliphatic heterocycles. The minimum Gasteiger partial charge on any atom is -0.466 e. The van der Waals surface area contributed by atoms with Crippen LogP contribution in [-0.2, 0) is 15.1 Å². The molecule has 1 fully saturated rings. The Kier molecular flexibility index (Phi) is 4.56. The lowest BCUT2D eigenvalue weighted by atomic mass is 9.75. The Morgan fingerprint density at radius 2 is 1.81 bits per heavy atom. The van der Waals surface area contributed by atoms with Gasteiger partial charge in [0.05, 0.1) is 18.1 Å². The van der Waals surface area contributed by atoms with Gasteiger partial charge in [0.15, 0.2) is 17.5 Å². The second-order valence-corrected chi connectivity index (χ2v) is 5.31. The van der Waals surface area contributed by atoms with Gasteiger partial charge in [0.2, 0.25) is 0 Å². The number of benzene rings is 1. The zero-order chi connectivity index (χ0) is 15.6. The molecule has 0 amide bonds. The van der Waals surface area contributed by atoms with Gasteiger partial charge >= 0.3 is 5.97 Å². The highest BCUT2D eigenvalue weighted by atomic mass is 19.2. The molecule has 0 unspecified atom stereocenters. The van der Waals surface area contributed by atoms with E-state index in [-0.39, 0.29) is 36.9 Å². The van der Waals surface area contributed by atoms with E-state index >= 15 is 0 Å². The summed E-state index contributed by atoms with van der Waals surface area (Å²) in [5, 5.41) is 10.5. The summed E-state index contributed by atoms with van der Waals surface area (Å²) in [5.74, 6) is -4.85. The van der Waals surface area contributed by atoms with Crippen LogP contribution in [0.3, 0.4) is 0 Å². The van der Waals surface area contributed by atoms with Crippen LogP contribution in [0.5, 0.6) is 0 Å². The summed E-state index contributed by atoms with van der Waals surface area (Å²) in [4.78, 5) is 11.6. The maximum atomic E-state index is 13.3. The zero-order valence-corrected chi connectivity index (χ0v) is 11.7. The Labute approximate surface area is 120 Å². The summed E-state index contributed by atoms with van der Waals surface area (Å²) in [6.45, 7) is 2.00. The van der Waals surface area contributed by atoms with Crippen LogP contribution in [0.15, 0.2) is 12.1 Å². The predicted octanol–water partition coefficient (Wildman–Crippen LogP) is 3.04. The van der Waals surface area contributed by atoms with Crippen molar-refractivity contribution in [3.63, 3.8) is 0 Å². The third-order valence-electron chi connectivity index (χ3n) is 3.95. The molecule has 0 radical (unpaired) electrons. The largest absolute Gasteiger partial charge is 0.466 e. The Bertz CT molecular complexity index is 514. The molecule has 6 heteroatoms. The molecular weight excluding hydrogens is 285 g/mol. The first kappa shape index (κ1) is 15.8. The van der Waals surface area contributed by atoms with Gasteiger partial charge in [-0.25, -0.2) is 13.2 Å². The lowest BCUT2D eigenvalue weighted by Crippen LogP contribution is -2.34. The molecule has 1 N–H and O–H groups in total. The van der Waals surface area contributed by atoms with Crippen LogP contribution < -0.4 is 0 Å². The van der Waals surface area contributed by atoms with Gasteiger partial charge in [-0.05, 0) is 50.3 Å². The van der Waals surface area contributed by atoms with E-state index in [0.29, 0.717) is 12.8 Å². The minimum atomic E-state index is -1.55. The zero-order valence-electron chi connectivity index (χ0n) is 11.7. The molecule has 0 bridgehead atoms. The molecule has 0 atom stereocenters. The van der Waals surface area contributed by atoms with Gasteiger partial charge in [0, 0.05) is 0 Å². The average molecular weight is 302 g/mol. The molecule has 0 aromatic heterocycles. The number of aliphatic hydroxyl groups is 1. The summed E-state index contributed by atoms with van der Waals surface area (Å²) >= 11 is 0. The topological polar surface area (TPSA) is 46.5 Å². The van der Waals surface area contributed by atoms with Crippen LogP contribution in [0, 0.1) is 23.4 Å². The fourth-order valence-electron chi connectivity index (χ4n) is 2.70. The van der Waals surface area contributed by atoms with Gasteiger partial charge in [-0.2, -0.15) is 0 Å². The second-order valence-electron chi connectivity index (χ2n) is 5.31. The van der Waals surface area contributed by atoms with Gasteiger partial charge in [0.25, 0.3) is 0 Å². The van der Waals surface area contributed by atoms with E-state index < -0.39 is 23.1 Å². The Hall–Kier alpha value is -1.56. The number of esters is 1.